The minimum atomic E-state index is 1.05. The molecule has 0 fully saturated rings. The summed E-state index contributed by atoms with van der Waals surface area (Å²) in [5.74, 6) is 0. The molecule has 0 heteroatoms. The maximum Gasteiger partial charge on any atom is -0.0166 e. The molecule has 0 aliphatic heterocycles. The molecule has 1 aliphatic carbocycles. The molecule has 70 valence electrons. The largest absolute Gasteiger partial charge is 0.0882 e. The van der Waals surface area contributed by atoms with Gasteiger partial charge in [-0.3, -0.25) is 0 Å². The van der Waals surface area contributed by atoms with Gasteiger partial charge in [0.15, 0.2) is 0 Å². The van der Waals surface area contributed by atoms with Crippen LogP contribution < -0.4 is 0 Å². The van der Waals surface area contributed by atoms with Crippen LogP contribution in [0.15, 0.2) is 48.6 Å². The van der Waals surface area contributed by atoms with E-state index in [1.807, 2.05) is 0 Å². The summed E-state index contributed by atoms with van der Waals surface area (Å²) in [5.41, 5.74) is 0. The zero-order valence-electron chi connectivity index (χ0n) is 8.15. The predicted molar refractivity (Wildman–Crippen MR) is 59.6 cm³/mol. The van der Waals surface area contributed by atoms with E-state index in [2.05, 4.69) is 48.6 Å². The zero-order valence-corrected chi connectivity index (χ0v) is 8.15. The Kier molecular flexibility index (Phi) is 5.87. The molecule has 13 heavy (non-hydrogen) atoms. The van der Waals surface area contributed by atoms with Crippen molar-refractivity contribution in [3.05, 3.63) is 48.6 Å². The van der Waals surface area contributed by atoms with E-state index < -0.39 is 0 Å². The summed E-state index contributed by atoms with van der Waals surface area (Å²) in [5, 5.41) is 0. The molecule has 0 atom stereocenters. The van der Waals surface area contributed by atoms with Gasteiger partial charge >= 0.3 is 0 Å². The van der Waals surface area contributed by atoms with Gasteiger partial charge < -0.3 is 0 Å². The van der Waals surface area contributed by atoms with Gasteiger partial charge in [-0.1, -0.05) is 48.6 Å². The number of allylic oxidation sites excluding steroid dienone is 8. The smallest absolute Gasteiger partial charge is 0.0166 e. The summed E-state index contributed by atoms with van der Waals surface area (Å²) in [6.07, 6.45) is 23.5. The Labute approximate surface area is 81.4 Å². The fourth-order valence-electron chi connectivity index (χ4n) is 1.25. The Morgan fingerprint density at radius 3 is 2.08 bits per heavy atom. The zero-order chi connectivity index (χ0) is 9.19. The quantitative estimate of drug-likeness (QED) is 0.483. The Balaban J connectivity index is 2.38. The van der Waals surface area contributed by atoms with Crippen molar-refractivity contribution >= 4 is 0 Å². The van der Waals surface area contributed by atoms with E-state index >= 15 is 0 Å². The van der Waals surface area contributed by atoms with Gasteiger partial charge in [-0.25, -0.2) is 0 Å². The van der Waals surface area contributed by atoms with Crippen LogP contribution in [0.3, 0.4) is 0 Å². The molecule has 0 aromatic rings. The van der Waals surface area contributed by atoms with Gasteiger partial charge in [0.25, 0.3) is 0 Å². The summed E-state index contributed by atoms with van der Waals surface area (Å²) in [7, 11) is 0. The predicted octanol–water partition coefficient (Wildman–Crippen LogP) is 4.18. The number of rotatable bonds is 0. The van der Waals surface area contributed by atoms with E-state index in [-0.39, 0.29) is 0 Å². The Morgan fingerprint density at radius 1 is 0.538 bits per heavy atom. The van der Waals surface area contributed by atoms with E-state index in [4.69, 9.17) is 0 Å². The lowest BCUT2D eigenvalue weighted by Crippen LogP contribution is -1.68. The Hall–Kier alpha value is -1.04. The van der Waals surface area contributed by atoms with Crippen LogP contribution in [0.4, 0.5) is 0 Å². The van der Waals surface area contributed by atoms with E-state index in [0.29, 0.717) is 0 Å². The van der Waals surface area contributed by atoms with Crippen molar-refractivity contribution in [1.29, 1.82) is 0 Å². The van der Waals surface area contributed by atoms with Gasteiger partial charge in [0, 0.05) is 0 Å². The van der Waals surface area contributed by atoms with Crippen LogP contribution in [-0.2, 0) is 0 Å². The minimum Gasteiger partial charge on any atom is -0.0882 e. The summed E-state index contributed by atoms with van der Waals surface area (Å²) < 4.78 is 0. The third-order valence-electron chi connectivity index (χ3n) is 2.00. The van der Waals surface area contributed by atoms with Crippen LogP contribution in [0.5, 0.6) is 0 Å². The van der Waals surface area contributed by atoms with Crippen molar-refractivity contribution in [3.63, 3.8) is 0 Å². The van der Waals surface area contributed by atoms with Crippen LogP contribution in [0.1, 0.15) is 32.1 Å². The maximum atomic E-state index is 2.28. The van der Waals surface area contributed by atoms with E-state index in [1.165, 1.54) is 19.3 Å². The first-order chi connectivity index (χ1) is 6.50. The molecule has 0 N–H and O–H groups in total. The molecule has 0 saturated carbocycles. The fourth-order valence-corrected chi connectivity index (χ4v) is 1.25. The molecule has 0 spiro atoms. The lowest BCUT2D eigenvalue weighted by molar-refractivity contribution is 0.866. The third-order valence-corrected chi connectivity index (χ3v) is 2.00. The molecular weight excluding hydrogens is 156 g/mol. The van der Waals surface area contributed by atoms with Gasteiger partial charge in [0.1, 0.15) is 0 Å². The molecule has 1 aliphatic rings. The van der Waals surface area contributed by atoms with Crippen molar-refractivity contribution in [3.8, 4) is 0 Å². The van der Waals surface area contributed by atoms with Gasteiger partial charge in [-0.05, 0) is 32.1 Å². The van der Waals surface area contributed by atoms with Crippen molar-refractivity contribution < 1.29 is 0 Å². The summed E-state index contributed by atoms with van der Waals surface area (Å²) >= 11 is 0. The van der Waals surface area contributed by atoms with Crippen LogP contribution in [0.2, 0.25) is 0 Å². The lowest BCUT2D eigenvalue weighted by atomic mass is 10.2. The van der Waals surface area contributed by atoms with Crippen molar-refractivity contribution in [2.24, 2.45) is 0 Å². The standard InChI is InChI=1S/C13H18/c1-2-4-6-8-10-12-13-11-9-7-5-3-1/h1-4,7,9,12-13H,5-6,8,10-11H2/b3-1+,4-2?,9-7?,13-12?. The average Bonchev–Trinajstić information content (AvgIpc) is 2.18. The molecule has 0 aromatic heterocycles. The number of hydrogen-bond acceptors (Lipinski definition) is 0. The molecule has 1 rings (SSSR count). The Morgan fingerprint density at radius 2 is 1.15 bits per heavy atom. The number of hydrogen-bond donors (Lipinski definition) is 0. The van der Waals surface area contributed by atoms with Gasteiger partial charge in [-0.2, -0.15) is 0 Å². The molecule has 0 saturated heterocycles. The first-order valence-electron chi connectivity index (χ1n) is 5.12. The molecule has 0 bridgehead atoms. The monoisotopic (exact) mass is 174 g/mol. The molecule has 0 heterocycles. The van der Waals surface area contributed by atoms with Crippen LogP contribution in [0, 0.1) is 0 Å². The average molecular weight is 174 g/mol. The van der Waals surface area contributed by atoms with Gasteiger partial charge in [0.2, 0.25) is 0 Å². The fraction of sp³-hybridized carbons (Fsp3) is 0.385. The van der Waals surface area contributed by atoms with E-state index in [0.717, 1.165) is 12.8 Å². The van der Waals surface area contributed by atoms with Crippen molar-refractivity contribution in [1.82, 2.24) is 0 Å². The van der Waals surface area contributed by atoms with Gasteiger partial charge in [0.05, 0.1) is 0 Å². The SMILES string of the molecule is C1=CCCCC=CCC=CC/C=C/1. The second kappa shape index (κ2) is 7.60. The second-order valence-corrected chi connectivity index (χ2v) is 3.20. The highest BCUT2D eigenvalue weighted by Crippen LogP contribution is 2.01. The van der Waals surface area contributed by atoms with Crippen LogP contribution in [0.25, 0.3) is 0 Å². The molecular formula is C13H18. The highest BCUT2D eigenvalue weighted by molar-refractivity contribution is 5.06. The van der Waals surface area contributed by atoms with Crippen LogP contribution in [-0.4, -0.2) is 0 Å². The van der Waals surface area contributed by atoms with Crippen molar-refractivity contribution in [2.75, 3.05) is 0 Å². The maximum absolute atomic E-state index is 2.28. The first-order valence-corrected chi connectivity index (χ1v) is 5.12. The third kappa shape index (κ3) is 6.15. The normalized spacial score (nSPS) is 21.5. The molecule has 0 nitrogen and oxygen atoms in total. The molecule has 0 unspecified atom stereocenters. The highest BCUT2D eigenvalue weighted by atomic mass is 13.9. The van der Waals surface area contributed by atoms with Gasteiger partial charge in [-0.15, -0.1) is 0 Å². The molecule has 0 radical (unpaired) electrons. The topological polar surface area (TPSA) is 0 Å². The molecule has 0 amide bonds. The summed E-state index contributed by atoms with van der Waals surface area (Å²) in [6, 6.07) is 0. The lowest BCUT2D eigenvalue weighted by Gasteiger charge is -1.88. The second-order valence-electron chi connectivity index (χ2n) is 3.20. The van der Waals surface area contributed by atoms with E-state index in [9.17, 15) is 0 Å². The van der Waals surface area contributed by atoms with E-state index in [1.54, 1.807) is 0 Å². The summed E-state index contributed by atoms with van der Waals surface area (Å²) in [6.45, 7) is 0. The van der Waals surface area contributed by atoms with Crippen LogP contribution >= 0.6 is 0 Å². The summed E-state index contributed by atoms with van der Waals surface area (Å²) in [4.78, 5) is 0. The minimum absolute atomic E-state index is 1.05. The Bertz CT molecular complexity index is 216. The molecule has 0 aromatic carbocycles. The highest BCUT2D eigenvalue weighted by Gasteiger charge is 1.80. The van der Waals surface area contributed by atoms with Crippen molar-refractivity contribution in [2.45, 2.75) is 32.1 Å². The first kappa shape index (κ1) is 10.0.